The average molecular weight is 389 g/mol. The van der Waals surface area contributed by atoms with E-state index in [9.17, 15) is 9.59 Å². The minimum Gasteiger partial charge on any atom is -0.339 e. The lowest BCUT2D eigenvalue weighted by Gasteiger charge is -2.27. The number of para-hydroxylation sites is 1. The van der Waals surface area contributed by atoms with Crippen LogP contribution in [0.4, 0.5) is 5.69 Å². The van der Waals surface area contributed by atoms with Gasteiger partial charge in [-0.3, -0.25) is 9.59 Å². The van der Waals surface area contributed by atoms with E-state index in [-0.39, 0.29) is 17.6 Å². The first-order valence-electron chi connectivity index (χ1n) is 8.70. The molecular weight excluding hydrogens is 368 g/mol. The second kappa shape index (κ2) is 9.10. The fraction of sp³-hybridized carbons (Fsp3) is 0.300. The number of thioether (sulfide) groups is 1. The number of nitrogens with one attached hydrogen (secondary N) is 1. The summed E-state index contributed by atoms with van der Waals surface area (Å²) in [7, 11) is 0. The van der Waals surface area contributed by atoms with Crippen LogP contribution in [0.5, 0.6) is 0 Å². The van der Waals surface area contributed by atoms with E-state index >= 15 is 0 Å². The number of hydrogen-bond acceptors (Lipinski definition) is 3. The summed E-state index contributed by atoms with van der Waals surface area (Å²) < 4.78 is 0. The van der Waals surface area contributed by atoms with E-state index < -0.39 is 0 Å². The van der Waals surface area contributed by atoms with Crippen molar-refractivity contribution in [3.63, 3.8) is 0 Å². The minimum atomic E-state index is -0.135. The van der Waals surface area contributed by atoms with Gasteiger partial charge in [0.15, 0.2) is 0 Å². The fourth-order valence-corrected chi connectivity index (χ4v) is 3.74. The number of likely N-dealkylation sites (tertiary alicyclic amines) is 1. The molecule has 0 aliphatic carbocycles. The number of anilines is 1. The van der Waals surface area contributed by atoms with Crippen LogP contribution >= 0.6 is 23.4 Å². The summed E-state index contributed by atoms with van der Waals surface area (Å²) in [6.45, 7) is 1.57. The van der Waals surface area contributed by atoms with Gasteiger partial charge in [0.25, 0.3) is 5.91 Å². The maximum Gasteiger partial charge on any atom is 0.255 e. The van der Waals surface area contributed by atoms with Gasteiger partial charge >= 0.3 is 0 Å². The Bertz CT molecular complexity index is 774. The predicted octanol–water partition coefficient (Wildman–Crippen LogP) is 4.70. The molecule has 1 saturated heterocycles. The highest BCUT2D eigenvalue weighted by atomic mass is 35.5. The molecule has 4 nitrogen and oxygen atoms in total. The van der Waals surface area contributed by atoms with Gasteiger partial charge in [0.1, 0.15) is 0 Å². The van der Waals surface area contributed by atoms with E-state index in [4.69, 9.17) is 11.6 Å². The molecule has 1 fully saturated rings. The summed E-state index contributed by atoms with van der Waals surface area (Å²) in [5.41, 5.74) is 1.13. The molecule has 0 bridgehead atoms. The van der Waals surface area contributed by atoms with Crippen molar-refractivity contribution in [3.05, 3.63) is 59.1 Å². The number of carbonyl (C=O) groups excluding carboxylic acids is 2. The van der Waals surface area contributed by atoms with Crippen LogP contribution in [0.25, 0.3) is 0 Å². The van der Waals surface area contributed by atoms with E-state index in [0.29, 0.717) is 16.3 Å². The van der Waals surface area contributed by atoms with Crippen LogP contribution in [0.3, 0.4) is 0 Å². The van der Waals surface area contributed by atoms with E-state index in [2.05, 4.69) is 5.32 Å². The quantitative estimate of drug-likeness (QED) is 0.755. The number of piperidine rings is 1. The normalized spacial score (nSPS) is 14.1. The van der Waals surface area contributed by atoms with Crippen LogP contribution in [0.2, 0.25) is 5.02 Å². The molecule has 0 aromatic heterocycles. The second-order valence-electron chi connectivity index (χ2n) is 6.19. The lowest BCUT2D eigenvalue weighted by Crippen LogP contribution is -2.36. The number of amides is 2. The first-order valence-corrected chi connectivity index (χ1v) is 10.1. The van der Waals surface area contributed by atoms with E-state index in [1.54, 1.807) is 24.3 Å². The number of hydrogen-bond donors (Lipinski definition) is 1. The fourth-order valence-electron chi connectivity index (χ4n) is 2.91. The SMILES string of the molecule is O=C(CSc1ccc(Cl)cc1)Nc1ccccc1C(=O)N1CCCCC1. The topological polar surface area (TPSA) is 49.4 Å². The van der Waals surface area contributed by atoms with Crippen LogP contribution in [0, 0.1) is 0 Å². The van der Waals surface area contributed by atoms with E-state index in [1.807, 2.05) is 29.2 Å². The number of halogens is 1. The Hall–Kier alpha value is -1.98. The molecular formula is C20H21ClN2O2S. The van der Waals surface area contributed by atoms with Crippen molar-refractivity contribution >= 4 is 40.9 Å². The lowest BCUT2D eigenvalue weighted by atomic mass is 10.1. The number of nitrogens with zero attached hydrogens (tertiary/aromatic N) is 1. The van der Waals surface area contributed by atoms with Crippen LogP contribution in [-0.4, -0.2) is 35.6 Å². The molecule has 0 spiro atoms. The molecule has 1 heterocycles. The van der Waals surface area contributed by atoms with E-state index in [0.717, 1.165) is 30.8 Å². The van der Waals surface area contributed by atoms with Crippen molar-refractivity contribution in [2.24, 2.45) is 0 Å². The molecule has 0 radical (unpaired) electrons. The van der Waals surface area contributed by atoms with Crippen LogP contribution in [-0.2, 0) is 4.79 Å². The smallest absolute Gasteiger partial charge is 0.255 e. The molecule has 2 aromatic rings. The first kappa shape index (κ1) is 18.8. The minimum absolute atomic E-state index is 0.00838. The third-order valence-corrected chi connectivity index (χ3v) is 5.52. The predicted molar refractivity (Wildman–Crippen MR) is 107 cm³/mol. The molecule has 6 heteroatoms. The maximum atomic E-state index is 12.8. The Morgan fingerprint density at radius 3 is 2.42 bits per heavy atom. The Kier molecular flexibility index (Phi) is 6.58. The van der Waals surface area contributed by atoms with Gasteiger partial charge in [0.2, 0.25) is 5.91 Å². The molecule has 0 unspecified atom stereocenters. The van der Waals surface area contributed by atoms with Gasteiger partial charge in [-0.1, -0.05) is 23.7 Å². The number of carbonyl (C=O) groups is 2. The molecule has 3 rings (SSSR count). The van der Waals surface area contributed by atoms with Gasteiger partial charge in [-0.25, -0.2) is 0 Å². The molecule has 1 aliphatic heterocycles. The largest absolute Gasteiger partial charge is 0.339 e. The highest BCUT2D eigenvalue weighted by molar-refractivity contribution is 8.00. The van der Waals surface area contributed by atoms with Crippen molar-refractivity contribution < 1.29 is 9.59 Å². The Morgan fingerprint density at radius 2 is 1.69 bits per heavy atom. The highest BCUT2D eigenvalue weighted by Crippen LogP contribution is 2.23. The van der Waals surface area contributed by atoms with Gasteiger partial charge in [-0.2, -0.15) is 0 Å². The van der Waals surface area contributed by atoms with Gasteiger partial charge in [0, 0.05) is 23.0 Å². The average Bonchev–Trinajstić information content (AvgIpc) is 2.68. The van der Waals surface area contributed by atoms with Gasteiger partial charge in [-0.15, -0.1) is 11.8 Å². The standard InChI is InChI=1S/C20H21ClN2O2S/c21-15-8-10-16(11-9-15)26-14-19(24)22-18-7-3-2-6-17(18)20(25)23-12-4-1-5-13-23/h2-3,6-11H,1,4-5,12-14H2,(H,22,24). The van der Waals surface area contributed by atoms with Crippen molar-refractivity contribution in [3.8, 4) is 0 Å². The Labute approximate surface area is 162 Å². The molecule has 2 amide bonds. The van der Waals surface area contributed by atoms with Crippen LogP contribution in [0.1, 0.15) is 29.6 Å². The molecule has 0 saturated carbocycles. The highest BCUT2D eigenvalue weighted by Gasteiger charge is 2.21. The molecule has 136 valence electrons. The molecule has 26 heavy (non-hydrogen) atoms. The van der Waals surface area contributed by atoms with Crippen molar-refractivity contribution in [1.29, 1.82) is 0 Å². The molecule has 2 aromatic carbocycles. The van der Waals surface area contributed by atoms with E-state index in [1.165, 1.54) is 18.2 Å². The van der Waals surface area contributed by atoms with Gasteiger partial charge in [0.05, 0.1) is 17.0 Å². The summed E-state index contributed by atoms with van der Waals surface area (Å²) in [5.74, 6) is 0.128. The monoisotopic (exact) mass is 388 g/mol. The third-order valence-electron chi connectivity index (χ3n) is 4.26. The molecule has 1 N–H and O–H groups in total. The van der Waals surface area contributed by atoms with Gasteiger partial charge in [-0.05, 0) is 55.7 Å². The molecule has 0 atom stereocenters. The summed E-state index contributed by atoms with van der Waals surface area (Å²) >= 11 is 7.30. The summed E-state index contributed by atoms with van der Waals surface area (Å²) in [6.07, 6.45) is 3.25. The summed E-state index contributed by atoms with van der Waals surface area (Å²) in [4.78, 5) is 27.9. The third kappa shape index (κ3) is 5.02. The second-order valence-corrected chi connectivity index (χ2v) is 7.67. The van der Waals surface area contributed by atoms with Crippen LogP contribution in [0.15, 0.2) is 53.4 Å². The Morgan fingerprint density at radius 1 is 1.00 bits per heavy atom. The van der Waals surface area contributed by atoms with Gasteiger partial charge < -0.3 is 10.2 Å². The number of rotatable bonds is 5. The number of benzene rings is 2. The zero-order chi connectivity index (χ0) is 18.4. The van der Waals surface area contributed by atoms with Crippen molar-refractivity contribution in [2.75, 3.05) is 24.2 Å². The first-order chi connectivity index (χ1) is 12.6. The summed E-state index contributed by atoms with van der Waals surface area (Å²) in [5, 5.41) is 3.55. The zero-order valence-corrected chi connectivity index (χ0v) is 16.0. The zero-order valence-electron chi connectivity index (χ0n) is 14.4. The van der Waals surface area contributed by atoms with Crippen molar-refractivity contribution in [2.45, 2.75) is 24.2 Å². The Balaban J connectivity index is 1.62. The summed E-state index contributed by atoms with van der Waals surface area (Å²) in [6, 6.07) is 14.6. The maximum absolute atomic E-state index is 12.8. The van der Waals surface area contributed by atoms with Crippen LogP contribution < -0.4 is 5.32 Å². The van der Waals surface area contributed by atoms with Crippen molar-refractivity contribution in [1.82, 2.24) is 4.90 Å². The molecule has 1 aliphatic rings. The lowest BCUT2D eigenvalue weighted by molar-refractivity contribution is -0.113.